The molecule has 2 aromatic rings. The fraction of sp³-hybridized carbons (Fsp3) is 0.300. The van der Waals surface area contributed by atoms with E-state index < -0.39 is 6.04 Å². The van der Waals surface area contributed by atoms with Crippen LogP contribution in [0.25, 0.3) is 10.9 Å². The summed E-state index contributed by atoms with van der Waals surface area (Å²) < 4.78 is 0. The van der Waals surface area contributed by atoms with Crippen LogP contribution >= 0.6 is 11.6 Å². The van der Waals surface area contributed by atoms with Crippen LogP contribution in [0.15, 0.2) is 48.2 Å². The van der Waals surface area contributed by atoms with Crippen LogP contribution in [0, 0.1) is 11.8 Å². The van der Waals surface area contributed by atoms with Gasteiger partial charge in [0.05, 0.1) is 11.1 Å². The van der Waals surface area contributed by atoms with Crippen molar-refractivity contribution in [2.24, 2.45) is 11.8 Å². The van der Waals surface area contributed by atoms with Crippen LogP contribution in [0.2, 0.25) is 5.02 Å². The molecule has 0 saturated heterocycles. The summed E-state index contributed by atoms with van der Waals surface area (Å²) in [4.78, 5) is 16.0. The summed E-state index contributed by atoms with van der Waals surface area (Å²) in [5, 5.41) is 14.9. The highest BCUT2D eigenvalue weighted by atomic mass is 35.5. The fourth-order valence-corrected chi connectivity index (χ4v) is 3.38. The number of benzene rings is 1. The van der Waals surface area contributed by atoms with E-state index in [2.05, 4.69) is 36.3 Å². The number of hydrogen-bond acceptors (Lipinski definition) is 3. The van der Waals surface area contributed by atoms with Gasteiger partial charge in [-0.05, 0) is 35.6 Å². The van der Waals surface area contributed by atoms with Gasteiger partial charge in [0.25, 0.3) is 0 Å². The number of carbonyl (C=O) groups is 1. The van der Waals surface area contributed by atoms with Crippen molar-refractivity contribution >= 4 is 28.4 Å². The minimum Gasteiger partial charge on any atom is -0.505 e. The van der Waals surface area contributed by atoms with Crippen LogP contribution in [0.4, 0.5) is 0 Å². The number of nitrogens with one attached hydrogen (secondary N) is 1. The molecule has 3 atom stereocenters. The molecule has 0 saturated carbocycles. The molecule has 3 unspecified atom stereocenters. The fourth-order valence-electron chi connectivity index (χ4n) is 3.11. The predicted molar refractivity (Wildman–Crippen MR) is 101 cm³/mol. The molecule has 2 N–H and O–H groups in total. The maximum Gasteiger partial charge on any atom is 0.217 e. The lowest BCUT2D eigenvalue weighted by Gasteiger charge is -2.26. The molecule has 0 bridgehead atoms. The van der Waals surface area contributed by atoms with E-state index in [0.717, 1.165) is 5.57 Å². The molecule has 1 amide bonds. The number of carbonyl (C=O) groups excluding carboxylic acids is 1. The summed E-state index contributed by atoms with van der Waals surface area (Å²) in [6.07, 6.45) is 7.86. The first-order chi connectivity index (χ1) is 11.9. The number of hydrogen-bond donors (Lipinski definition) is 2. The Morgan fingerprint density at radius 1 is 1.36 bits per heavy atom. The van der Waals surface area contributed by atoms with E-state index in [9.17, 15) is 9.90 Å². The van der Waals surface area contributed by atoms with Crippen LogP contribution in [0.1, 0.15) is 32.4 Å². The molecule has 1 aliphatic rings. The third kappa shape index (κ3) is 3.40. The number of nitrogens with zero attached hydrogens (tertiary/aromatic N) is 1. The molecule has 1 aromatic carbocycles. The zero-order valence-electron chi connectivity index (χ0n) is 14.5. The van der Waals surface area contributed by atoms with Crippen LogP contribution in [0.5, 0.6) is 5.75 Å². The molecule has 130 valence electrons. The van der Waals surface area contributed by atoms with Gasteiger partial charge in [-0.25, -0.2) is 0 Å². The molecule has 25 heavy (non-hydrogen) atoms. The summed E-state index contributed by atoms with van der Waals surface area (Å²) >= 11 is 6.40. The molecule has 0 spiro atoms. The van der Waals surface area contributed by atoms with Crippen molar-refractivity contribution < 1.29 is 9.90 Å². The summed E-state index contributed by atoms with van der Waals surface area (Å²) in [7, 11) is 0. The second-order valence-corrected chi connectivity index (χ2v) is 6.98. The summed E-state index contributed by atoms with van der Waals surface area (Å²) in [6.45, 7) is 5.74. The van der Waals surface area contributed by atoms with Gasteiger partial charge in [0.15, 0.2) is 0 Å². The van der Waals surface area contributed by atoms with E-state index in [1.807, 2.05) is 12.1 Å². The molecule has 5 heteroatoms. The van der Waals surface area contributed by atoms with Gasteiger partial charge < -0.3 is 10.4 Å². The Bertz CT molecular complexity index is 889. The average molecular weight is 357 g/mol. The lowest BCUT2D eigenvalue weighted by atomic mass is 9.84. The lowest BCUT2D eigenvalue weighted by molar-refractivity contribution is -0.119. The van der Waals surface area contributed by atoms with E-state index in [1.165, 1.54) is 6.92 Å². The zero-order valence-corrected chi connectivity index (χ0v) is 15.2. The highest BCUT2D eigenvalue weighted by molar-refractivity contribution is 6.35. The van der Waals surface area contributed by atoms with Crippen molar-refractivity contribution in [1.29, 1.82) is 0 Å². The monoisotopic (exact) mass is 356 g/mol. The number of fused-ring (bicyclic) bond motifs is 1. The smallest absolute Gasteiger partial charge is 0.217 e. The quantitative estimate of drug-likeness (QED) is 0.848. The zero-order chi connectivity index (χ0) is 18.1. The molecule has 0 fully saturated rings. The second kappa shape index (κ2) is 6.89. The standard InChI is InChI=1S/C20H21ClN2O2/c1-11-6-7-14(9-12(11)2)18(23-13(3)24)16-10-17(21)15-5-4-8-22-19(15)20(16)25/h4-12,18,25H,1-3H3,(H,23,24). The third-order valence-electron chi connectivity index (χ3n) is 4.71. The number of amides is 1. The summed E-state index contributed by atoms with van der Waals surface area (Å²) in [5.74, 6) is 0.631. The van der Waals surface area contributed by atoms with Crippen molar-refractivity contribution in [2.45, 2.75) is 26.8 Å². The number of allylic oxidation sites excluding steroid dienone is 2. The molecular formula is C20H21ClN2O2. The Morgan fingerprint density at radius 3 is 2.80 bits per heavy atom. The number of phenolic OH excluding ortho intramolecular Hbond substituents is 1. The average Bonchev–Trinajstić information content (AvgIpc) is 2.58. The van der Waals surface area contributed by atoms with Crippen molar-refractivity contribution in [3.63, 3.8) is 0 Å². The topological polar surface area (TPSA) is 62.2 Å². The highest BCUT2D eigenvalue weighted by Crippen LogP contribution is 2.40. The van der Waals surface area contributed by atoms with Gasteiger partial charge in [-0.3, -0.25) is 9.78 Å². The van der Waals surface area contributed by atoms with Crippen molar-refractivity contribution in [1.82, 2.24) is 10.3 Å². The summed E-state index contributed by atoms with van der Waals surface area (Å²) in [6, 6.07) is 4.81. The number of halogens is 1. The number of aromatic nitrogens is 1. The molecule has 3 rings (SSSR count). The SMILES string of the molecule is CC(=O)NC(C1=CC(C)C(C)C=C1)c1cc(Cl)c2cccnc2c1O. The Hall–Kier alpha value is -2.33. The lowest BCUT2D eigenvalue weighted by Crippen LogP contribution is -2.28. The summed E-state index contributed by atoms with van der Waals surface area (Å²) in [5.41, 5.74) is 1.91. The molecule has 1 heterocycles. The molecule has 1 aliphatic carbocycles. The maximum absolute atomic E-state index is 11.8. The second-order valence-electron chi connectivity index (χ2n) is 6.57. The Kier molecular flexibility index (Phi) is 4.82. The van der Waals surface area contributed by atoms with E-state index >= 15 is 0 Å². The minimum atomic E-state index is -0.479. The number of pyridine rings is 1. The number of aromatic hydroxyl groups is 1. The first-order valence-electron chi connectivity index (χ1n) is 8.31. The number of phenols is 1. The molecule has 4 nitrogen and oxygen atoms in total. The van der Waals surface area contributed by atoms with E-state index in [-0.39, 0.29) is 11.7 Å². The van der Waals surface area contributed by atoms with Crippen LogP contribution in [-0.2, 0) is 4.79 Å². The first-order valence-corrected chi connectivity index (χ1v) is 8.69. The third-order valence-corrected chi connectivity index (χ3v) is 5.03. The predicted octanol–water partition coefficient (Wildman–Crippen LogP) is 4.54. The van der Waals surface area contributed by atoms with Crippen LogP contribution in [0.3, 0.4) is 0 Å². The van der Waals surface area contributed by atoms with Gasteiger partial charge in [-0.15, -0.1) is 0 Å². The largest absolute Gasteiger partial charge is 0.505 e. The van der Waals surface area contributed by atoms with Crippen LogP contribution < -0.4 is 5.32 Å². The minimum absolute atomic E-state index is 0.0410. The molecular weight excluding hydrogens is 336 g/mol. The molecule has 1 aromatic heterocycles. The first kappa shape index (κ1) is 17.5. The molecule has 0 radical (unpaired) electrons. The van der Waals surface area contributed by atoms with Gasteiger partial charge in [-0.1, -0.05) is 43.7 Å². The van der Waals surface area contributed by atoms with Gasteiger partial charge in [0.2, 0.25) is 5.91 Å². The van der Waals surface area contributed by atoms with Crippen molar-refractivity contribution in [3.05, 3.63) is 58.8 Å². The van der Waals surface area contributed by atoms with Crippen molar-refractivity contribution in [3.8, 4) is 5.75 Å². The van der Waals surface area contributed by atoms with Gasteiger partial charge >= 0.3 is 0 Å². The Balaban J connectivity index is 2.16. The van der Waals surface area contributed by atoms with Gasteiger partial charge in [-0.2, -0.15) is 0 Å². The highest BCUT2D eigenvalue weighted by Gasteiger charge is 2.25. The Morgan fingerprint density at radius 2 is 2.12 bits per heavy atom. The van der Waals surface area contributed by atoms with E-state index in [1.54, 1.807) is 18.3 Å². The van der Waals surface area contributed by atoms with Gasteiger partial charge in [0.1, 0.15) is 11.3 Å². The van der Waals surface area contributed by atoms with Gasteiger partial charge in [0, 0.05) is 24.1 Å². The number of rotatable bonds is 3. The maximum atomic E-state index is 11.8. The van der Waals surface area contributed by atoms with E-state index in [4.69, 9.17) is 11.6 Å². The van der Waals surface area contributed by atoms with Crippen molar-refractivity contribution in [2.75, 3.05) is 0 Å². The normalized spacial score (nSPS) is 21.0. The Labute approximate surface area is 152 Å². The van der Waals surface area contributed by atoms with E-state index in [0.29, 0.717) is 33.3 Å². The molecule has 0 aliphatic heterocycles. The van der Waals surface area contributed by atoms with Crippen LogP contribution in [-0.4, -0.2) is 16.0 Å².